The van der Waals surface area contributed by atoms with Crippen LogP contribution < -0.4 is 5.32 Å². The van der Waals surface area contributed by atoms with Crippen LogP contribution in [0.1, 0.15) is 18.5 Å². The smallest absolute Gasteiger partial charge is 0.183 e. The van der Waals surface area contributed by atoms with Crippen LogP contribution in [0.2, 0.25) is 0 Å². The summed E-state index contributed by atoms with van der Waals surface area (Å²) in [6, 6.07) is 10.0. The first-order valence-electron chi connectivity index (χ1n) is 7.06. The van der Waals surface area contributed by atoms with E-state index in [0.717, 1.165) is 16.6 Å². The monoisotopic (exact) mass is 404 g/mol. The van der Waals surface area contributed by atoms with E-state index in [2.05, 4.69) is 15.9 Å². The van der Waals surface area contributed by atoms with Crippen LogP contribution in [0.15, 0.2) is 51.8 Å². The van der Waals surface area contributed by atoms with Crippen molar-refractivity contribution in [2.24, 2.45) is 0 Å². The summed E-state index contributed by atoms with van der Waals surface area (Å²) in [5, 5.41) is 1.79. The topological polar surface area (TPSA) is 50.8 Å². The molecule has 0 aromatic heterocycles. The van der Waals surface area contributed by atoms with Gasteiger partial charge in [-0.15, -0.1) is 0 Å². The molecule has 2 aromatic rings. The van der Waals surface area contributed by atoms with Crippen molar-refractivity contribution in [1.82, 2.24) is 0 Å². The lowest BCUT2D eigenvalue weighted by Gasteiger charge is -2.11. The molecule has 0 saturated carbocycles. The minimum atomic E-state index is -3.36. The number of sulfone groups is 1. The molecule has 2 N–H and O–H groups in total. The summed E-state index contributed by atoms with van der Waals surface area (Å²) in [7, 11) is -3.36. The first-order chi connectivity index (χ1) is 10.8. The van der Waals surface area contributed by atoms with Crippen LogP contribution in [0.4, 0.5) is 8.78 Å². The van der Waals surface area contributed by atoms with E-state index in [1.807, 2.05) is 6.92 Å². The standard InChI is InChI=1S/C16H16BrF2NO2S/c1-11(12-2-7-15(18)16(19)10-12)20-8-9-23(21,22)14-5-3-13(17)4-6-14/h2-7,10-11,20H,8-9H2,1H3/p+1/t11-/m0/s1. The lowest BCUT2D eigenvalue weighted by Crippen LogP contribution is -2.85. The van der Waals surface area contributed by atoms with Crippen LogP contribution in [-0.2, 0) is 9.84 Å². The minimum Gasteiger partial charge on any atom is -0.339 e. The molecule has 0 aliphatic rings. The Hall–Kier alpha value is -1.31. The molecular formula is C16H17BrF2NO2S+. The van der Waals surface area contributed by atoms with Crippen molar-refractivity contribution in [3.8, 4) is 0 Å². The normalized spacial score (nSPS) is 13.0. The second kappa shape index (κ2) is 7.51. The molecule has 0 radical (unpaired) electrons. The molecule has 0 aliphatic carbocycles. The highest BCUT2D eigenvalue weighted by Gasteiger charge is 2.17. The van der Waals surface area contributed by atoms with Crippen LogP contribution in [-0.4, -0.2) is 20.7 Å². The van der Waals surface area contributed by atoms with E-state index < -0.39 is 21.5 Å². The van der Waals surface area contributed by atoms with Crippen molar-refractivity contribution < 1.29 is 22.5 Å². The van der Waals surface area contributed by atoms with Gasteiger partial charge in [-0.25, -0.2) is 17.2 Å². The molecule has 0 unspecified atom stereocenters. The fourth-order valence-corrected chi connectivity index (χ4v) is 3.66. The largest absolute Gasteiger partial charge is 0.339 e. The van der Waals surface area contributed by atoms with Gasteiger partial charge in [0.05, 0.1) is 11.4 Å². The van der Waals surface area contributed by atoms with Gasteiger partial charge in [-0.3, -0.25) is 0 Å². The third-order valence-electron chi connectivity index (χ3n) is 3.55. The SMILES string of the molecule is C[C@H]([NH2+]CCS(=O)(=O)c1ccc(Br)cc1)c1ccc(F)c(F)c1. The Labute approximate surface area is 142 Å². The summed E-state index contributed by atoms with van der Waals surface area (Å²) in [6.07, 6.45) is 0. The van der Waals surface area contributed by atoms with Gasteiger partial charge in [0.2, 0.25) is 0 Å². The predicted molar refractivity (Wildman–Crippen MR) is 87.8 cm³/mol. The van der Waals surface area contributed by atoms with Gasteiger partial charge in [0.1, 0.15) is 11.8 Å². The third kappa shape index (κ3) is 4.83. The molecule has 2 aromatic carbocycles. The first-order valence-corrected chi connectivity index (χ1v) is 9.51. The van der Waals surface area contributed by atoms with Crippen molar-refractivity contribution in [1.29, 1.82) is 0 Å². The first kappa shape index (κ1) is 18.0. The Kier molecular flexibility index (Phi) is 5.89. The summed E-state index contributed by atoms with van der Waals surface area (Å²) in [4.78, 5) is 0.273. The summed E-state index contributed by atoms with van der Waals surface area (Å²) in [5.74, 6) is -1.81. The van der Waals surface area contributed by atoms with Crippen molar-refractivity contribution in [2.75, 3.05) is 12.3 Å². The minimum absolute atomic E-state index is 0.0251. The Morgan fingerprint density at radius 3 is 2.35 bits per heavy atom. The van der Waals surface area contributed by atoms with E-state index in [1.165, 1.54) is 6.07 Å². The van der Waals surface area contributed by atoms with Gasteiger partial charge in [-0.05, 0) is 49.4 Å². The second-order valence-electron chi connectivity index (χ2n) is 5.26. The van der Waals surface area contributed by atoms with Gasteiger partial charge >= 0.3 is 0 Å². The molecule has 0 saturated heterocycles. The van der Waals surface area contributed by atoms with Crippen LogP contribution >= 0.6 is 15.9 Å². The van der Waals surface area contributed by atoms with Gasteiger partial charge < -0.3 is 5.32 Å². The van der Waals surface area contributed by atoms with Crippen LogP contribution in [0, 0.1) is 11.6 Å². The van der Waals surface area contributed by atoms with Crippen molar-refractivity contribution >= 4 is 25.8 Å². The Bertz CT molecular complexity index is 779. The van der Waals surface area contributed by atoms with Gasteiger partial charge in [0, 0.05) is 10.0 Å². The van der Waals surface area contributed by atoms with Crippen LogP contribution in [0.3, 0.4) is 0 Å². The van der Waals surface area contributed by atoms with E-state index in [0.29, 0.717) is 12.1 Å². The zero-order chi connectivity index (χ0) is 17.0. The molecule has 0 bridgehead atoms. The molecule has 2 rings (SSSR count). The number of hydrogen-bond acceptors (Lipinski definition) is 2. The van der Waals surface area contributed by atoms with E-state index in [4.69, 9.17) is 0 Å². The van der Waals surface area contributed by atoms with E-state index in [-0.39, 0.29) is 16.7 Å². The number of quaternary nitrogens is 1. The summed E-state index contributed by atoms with van der Waals surface area (Å²) < 4.78 is 51.4. The number of halogens is 3. The van der Waals surface area contributed by atoms with Crippen LogP contribution in [0.25, 0.3) is 0 Å². The van der Waals surface area contributed by atoms with Gasteiger partial charge in [-0.1, -0.05) is 15.9 Å². The summed E-state index contributed by atoms with van der Waals surface area (Å²) in [6.45, 7) is 2.15. The maximum atomic E-state index is 13.2. The molecule has 3 nitrogen and oxygen atoms in total. The molecule has 1 atom stereocenters. The van der Waals surface area contributed by atoms with Crippen molar-refractivity contribution in [3.63, 3.8) is 0 Å². The zero-order valence-corrected chi connectivity index (χ0v) is 14.9. The fourth-order valence-electron chi connectivity index (χ4n) is 2.16. The van der Waals surface area contributed by atoms with E-state index in [9.17, 15) is 17.2 Å². The Balaban J connectivity index is 1.95. The van der Waals surface area contributed by atoms with Crippen LogP contribution in [0.5, 0.6) is 0 Å². The lowest BCUT2D eigenvalue weighted by atomic mass is 10.1. The number of nitrogens with two attached hydrogens (primary N) is 1. The molecule has 0 amide bonds. The molecule has 0 fully saturated rings. The van der Waals surface area contributed by atoms with E-state index >= 15 is 0 Å². The highest BCUT2D eigenvalue weighted by atomic mass is 79.9. The van der Waals surface area contributed by atoms with Gasteiger partial charge in [-0.2, -0.15) is 0 Å². The number of benzene rings is 2. The molecule has 124 valence electrons. The molecule has 7 heteroatoms. The average molecular weight is 405 g/mol. The fraction of sp³-hybridized carbons (Fsp3) is 0.250. The number of rotatable bonds is 6. The van der Waals surface area contributed by atoms with Gasteiger partial charge in [0.25, 0.3) is 0 Å². The molecule has 23 heavy (non-hydrogen) atoms. The maximum Gasteiger partial charge on any atom is 0.183 e. The third-order valence-corrected chi connectivity index (χ3v) is 5.84. The Morgan fingerprint density at radius 1 is 1.09 bits per heavy atom. The highest BCUT2D eigenvalue weighted by Crippen LogP contribution is 2.16. The zero-order valence-electron chi connectivity index (χ0n) is 12.5. The quantitative estimate of drug-likeness (QED) is 0.804. The molecule has 0 spiro atoms. The molecule has 0 heterocycles. The lowest BCUT2D eigenvalue weighted by molar-refractivity contribution is -0.689. The number of hydrogen-bond donors (Lipinski definition) is 1. The summed E-state index contributed by atoms with van der Waals surface area (Å²) >= 11 is 3.26. The molecular weight excluding hydrogens is 388 g/mol. The van der Waals surface area contributed by atoms with Gasteiger partial charge in [0.15, 0.2) is 21.5 Å². The Morgan fingerprint density at radius 2 is 1.74 bits per heavy atom. The van der Waals surface area contributed by atoms with Crippen molar-refractivity contribution in [3.05, 3.63) is 64.1 Å². The summed E-state index contributed by atoms with van der Waals surface area (Å²) in [5.41, 5.74) is 0.616. The predicted octanol–water partition coefficient (Wildman–Crippen LogP) is 2.83. The molecule has 0 aliphatic heterocycles. The average Bonchev–Trinajstić information content (AvgIpc) is 2.50. The highest BCUT2D eigenvalue weighted by molar-refractivity contribution is 9.10. The second-order valence-corrected chi connectivity index (χ2v) is 8.28. The van der Waals surface area contributed by atoms with Crippen molar-refractivity contribution in [2.45, 2.75) is 17.9 Å². The maximum absolute atomic E-state index is 13.2. The van der Waals surface area contributed by atoms with E-state index in [1.54, 1.807) is 29.6 Å².